The average molecular weight is 277 g/mol. The summed E-state index contributed by atoms with van der Waals surface area (Å²) in [6, 6.07) is 18.5. The maximum absolute atomic E-state index is 6.03. The van der Waals surface area contributed by atoms with Gasteiger partial charge in [0.05, 0.1) is 11.2 Å². The number of pyridine rings is 1. The molecule has 3 rings (SSSR count). The molecular weight excluding hydrogens is 258 g/mol. The number of hydrogen-bond acceptors (Lipinski definition) is 3. The molecule has 1 heterocycles. The van der Waals surface area contributed by atoms with E-state index in [1.807, 2.05) is 30.5 Å². The summed E-state index contributed by atoms with van der Waals surface area (Å²) in [6.07, 6.45) is 2.83. The topological polar surface area (TPSA) is 42.1 Å². The Hall–Kier alpha value is -2.55. The summed E-state index contributed by atoms with van der Waals surface area (Å²) in [5.41, 5.74) is 10.2. The molecule has 0 amide bonds. The Morgan fingerprint density at radius 1 is 1.00 bits per heavy atom. The smallest absolute Gasteiger partial charge is 0.0955 e. The summed E-state index contributed by atoms with van der Waals surface area (Å²) in [5.74, 6) is 0. The van der Waals surface area contributed by atoms with Gasteiger partial charge in [0.2, 0.25) is 0 Å². The van der Waals surface area contributed by atoms with Gasteiger partial charge in [-0.1, -0.05) is 30.3 Å². The van der Waals surface area contributed by atoms with Crippen molar-refractivity contribution in [3.63, 3.8) is 0 Å². The number of nitrogen functional groups attached to an aromatic ring is 1. The van der Waals surface area contributed by atoms with E-state index in [1.54, 1.807) is 0 Å². The van der Waals surface area contributed by atoms with Gasteiger partial charge in [-0.15, -0.1) is 0 Å². The minimum Gasteiger partial charge on any atom is -0.398 e. The highest BCUT2D eigenvalue weighted by atomic mass is 15.1. The van der Waals surface area contributed by atoms with Crippen LogP contribution in [0.2, 0.25) is 0 Å². The van der Waals surface area contributed by atoms with E-state index in [1.165, 1.54) is 5.56 Å². The van der Waals surface area contributed by atoms with Crippen molar-refractivity contribution in [1.29, 1.82) is 0 Å². The number of likely N-dealkylation sites (N-methyl/N-ethyl adjacent to an activating group) is 1. The Morgan fingerprint density at radius 2 is 1.81 bits per heavy atom. The molecule has 3 nitrogen and oxygen atoms in total. The molecule has 0 atom stereocenters. The van der Waals surface area contributed by atoms with E-state index in [-0.39, 0.29) is 0 Å². The van der Waals surface area contributed by atoms with Gasteiger partial charge >= 0.3 is 0 Å². The second-order valence-corrected chi connectivity index (χ2v) is 5.23. The predicted octanol–water partition coefficient (Wildman–Crippen LogP) is 3.50. The molecule has 0 unspecified atom stereocenters. The minimum absolute atomic E-state index is 0.776. The second kappa shape index (κ2) is 5.83. The Labute approximate surface area is 125 Å². The van der Waals surface area contributed by atoms with E-state index in [9.17, 15) is 0 Å². The van der Waals surface area contributed by atoms with Crippen LogP contribution in [-0.2, 0) is 6.42 Å². The van der Waals surface area contributed by atoms with Crippen molar-refractivity contribution in [2.24, 2.45) is 0 Å². The van der Waals surface area contributed by atoms with E-state index in [4.69, 9.17) is 5.73 Å². The zero-order valence-electron chi connectivity index (χ0n) is 12.2. The molecule has 0 saturated heterocycles. The quantitative estimate of drug-likeness (QED) is 0.742. The Kier molecular flexibility index (Phi) is 3.73. The first kappa shape index (κ1) is 13.4. The van der Waals surface area contributed by atoms with Crippen molar-refractivity contribution in [3.8, 4) is 0 Å². The third kappa shape index (κ3) is 2.82. The van der Waals surface area contributed by atoms with Gasteiger partial charge < -0.3 is 10.6 Å². The summed E-state index contributed by atoms with van der Waals surface area (Å²) < 4.78 is 0. The molecule has 3 heteroatoms. The first-order valence-corrected chi connectivity index (χ1v) is 7.14. The highest BCUT2D eigenvalue weighted by molar-refractivity contribution is 5.98. The van der Waals surface area contributed by atoms with Crippen LogP contribution in [0.1, 0.15) is 5.56 Å². The number of aromatic nitrogens is 1. The second-order valence-electron chi connectivity index (χ2n) is 5.23. The van der Waals surface area contributed by atoms with Crippen LogP contribution in [-0.4, -0.2) is 18.6 Å². The van der Waals surface area contributed by atoms with Gasteiger partial charge in [-0.25, -0.2) is 0 Å². The number of hydrogen-bond donors (Lipinski definition) is 1. The molecule has 0 bridgehead atoms. The Balaban J connectivity index is 1.85. The molecule has 0 saturated carbocycles. The lowest BCUT2D eigenvalue weighted by molar-refractivity contribution is 0.879. The molecule has 3 aromatic rings. The number of benzene rings is 2. The Bertz CT molecular complexity index is 738. The lowest BCUT2D eigenvalue weighted by Crippen LogP contribution is -2.20. The van der Waals surface area contributed by atoms with E-state index < -0.39 is 0 Å². The van der Waals surface area contributed by atoms with Crippen LogP contribution in [0.5, 0.6) is 0 Å². The molecule has 2 aromatic carbocycles. The van der Waals surface area contributed by atoms with Crippen LogP contribution in [0.15, 0.2) is 60.8 Å². The number of anilines is 2. The fraction of sp³-hybridized carbons (Fsp3) is 0.167. The summed E-state index contributed by atoms with van der Waals surface area (Å²) in [6.45, 7) is 0.944. The lowest BCUT2D eigenvalue weighted by Gasteiger charge is -2.21. The lowest BCUT2D eigenvalue weighted by atomic mass is 10.1. The molecule has 0 aliphatic carbocycles. The van der Waals surface area contributed by atoms with Gasteiger partial charge in [0, 0.05) is 30.9 Å². The largest absolute Gasteiger partial charge is 0.398 e. The van der Waals surface area contributed by atoms with Crippen LogP contribution < -0.4 is 10.6 Å². The molecule has 0 fully saturated rings. The van der Waals surface area contributed by atoms with Crippen molar-refractivity contribution >= 4 is 22.3 Å². The fourth-order valence-electron chi connectivity index (χ4n) is 2.55. The zero-order chi connectivity index (χ0) is 14.7. The first-order valence-electron chi connectivity index (χ1n) is 7.14. The molecule has 106 valence electrons. The van der Waals surface area contributed by atoms with Crippen molar-refractivity contribution < 1.29 is 0 Å². The van der Waals surface area contributed by atoms with Crippen LogP contribution in [0.25, 0.3) is 10.9 Å². The van der Waals surface area contributed by atoms with Crippen LogP contribution in [0, 0.1) is 0 Å². The first-order chi connectivity index (χ1) is 10.3. The highest BCUT2D eigenvalue weighted by Gasteiger charge is 2.09. The molecular formula is C18H19N3. The number of nitrogens with zero attached hydrogens (tertiary/aromatic N) is 2. The monoisotopic (exact) mass is 277 g/mol. The van der Waals surface area contributed by atoms with Gasteiger partial charge in [-0.05, 0) is 36.2 Å². The predicted molar refractivity (Wildman–Crippen MR) is 89.6 cm³/mol. The van der Waals surface area contributed by atoms with Crippen molar-refractivity contribution in [2.75, 3.05) is 24.2 Å². The van der Waals surface area contributed by atoms with E-state index in [2.05, 4.69) is 47.3 Å². The summed E-state index contributed by atoms with van der Waals surface area (Å²) in [7, 11) is 2.10. The molecule has 1 aromatic heterocycles. The molecule has 2 N–H and O–H groups in total. The minimum atomic E-state index is 0.776. The normalized spacial score (nSPS) is 10.7. The van der Waals surface area contributed by atoms with Crippen molar-refractivity contribution in [3.05, 3.63) is 66.4 Å². The van der Waals surface area contributed by atoms with Gasteiger partial charge in [0.1, 0.15) is 0 Å². The van der Waals surface area contributed by atoms with Crippen LogP contribution in [0.4, 0.5) is 11.4 Å². The van der Waals surface area contributed by atoms with E-state index >= 15 is 0 Å². The number of fused-ring (bicyclic) bond motifs is 1. The molecule has 0 aliphatic rings. The Morgan fingerprint density at radius 3 is 2.62 bits per heavy atom. The van der Waals surface area contributed by atoms with Gasteiger partial charge in [-0.3, -0.25) is 4.98 Å². The number of rotatable bonds is 4. The molecule has 0 spiro atoms. The summed E-state index contributed by atoms with van der Waals surface area (Å²) >= 11 is 0. The average Bonchev–Trinajstić information content (AvgIpc) is 2.54. The highest BCUT2D eigenvalue weighted by Crippen LogP contribution is 2.28. The van der Waals surface area contributed by atoms with Crippen molar-refractivity contribution in [2.45, 2.75) is 6.42 Å². The van der Waals surface area contributed by atoms with Gasteiger partial charge in [0.15, 0.2) is 0 Å². The SMILES string of the molecule is CN(CCc1ccccc1)c1ccc(N)c2cccnc12. The van der Waals surface area contributed by atoms with Gasteiger partial charge in [-0.2, -0.15) is 0 Å². The maximum atomic E-state index is 6.03. The fourth-order valence-corrected chi connectivity index (χ4v) is 2.55. The van der Waals surface area contributed by atoms with E-state index in [0.717, 1.165) is 35.2 Å². The van der Waals surface area contributed by atoms with Crippen LogP contribution >= 0.6 is 0 Å². The maximum Gasteiger partial charge on any atom is 0.0955 e. The summed E-state index contributed by atoms with van der Waals surface area (Å²) in [4.78, 5) is 6.73. The van der Waals surface area contributed by atoms with Gasteiger partial charge in [0.25, 0.3) is 0 Å². The number of nitrogens with two attached hydrogens (primary N) is 1. The summed E-state index contributed by atoms with van der Waals surface area (Å²) in [5, 5.41) is 1.02. The van der Waals surface area contributed by atoms with Crippen LogP contribution in [0.3, 0.4) is 0 Å². The molecule has 21 heavy (non-hydrogen) atoms. The van der Waals surface area contributed by atoms with Crippen molar-refractivity contribution in [1.82, 2.24) is 4.98 Å². The molecule has 0 radical (unpaired) electrons. The molecule has 0 aliphatic heterocycles. The standard InChI is InChI=1S/C18H19N3/c1-21(13-11-14-6-3-2-4-7-14)17-10-9-16(19)15-8-5-12-20-18(15)17/h2-10,12H,11,13,19H2,1H3. The third-order valence-corrected chi connectivity index (χ3v) is 3.77. The third-order valence-electron chi connectivity index (χ3n) is 3.77. The van der Waals surface area contributed by atoms with E-state index in [0.29, 0.717) is 0 Å². The zero-order valence-corrected chi connectivity index (χ0v) is 12.2.